The van der Waals surface area contributed by atoms with E-state index < -0.39 is 15.9 Å². The fourth-order valence-corrected chi connectivity index (χ4v) is 6.76. The van der Waals surface area contributed by atoms with Gasteiger partial charge in [0, 0.05) is 24.5 Å². The largest absolute Gasteiger partial charge is 0.390 e. The zero-order valence-corrected chi connectivity index (χ0v) is 28.6. The van der Waals surface area contributed by atoms with E-state index in [2.05, 4.69) is 17.2 Å². The van der Waals surface area contributed by atoms with Crippen molar-refractivity contribution in [3.63, 3.8) is 0 Å². The number of pyridine rings is 1. The van der Waals surface area contributed by atoms with E-state index >= 15 is 0 Å². The number of aliphatic hydroxyl groups is 1. The van der Waals surface area contributed by atoms with Crippen LogP contribution in [0.15, 0.2) is 84.0 Å². The Morgan fingerprint density at radius 1 is 0.745 bits per heavy atom. The van der Waals surface area contributed by atoms with Gasteiger partial charge < -0.3 is 10.4 Å². The normalized spacial score (nSPS) is 11.5. The van der Waals surface area contributed by atoms with Crippen molar-refractivity contribution in [2.75, 3.05) is 6.54 Å². The van der Waals surface area contributed by atoms with Crippen LogP contribution in [-0.2, 0) is 16.6 Å². The van der Waals surface area contributed by atoms with Gasteiger partial charge in [0.25, 0.3) is 21.8 Å². The van der Waals surface area contributed by atoms with E-state index in [1.165, 1.54) is 113 Å². The van der Waals surface area contributed by atoms with E-state index in [9.17, 15) is 23.1 Å². The van der Waals surface area contributed by atoms with Gasteiger partial charge in [0.05, 0.1) is 22.8 Å². The Morgan fingerprint density at radius 2 is 1.30 bits per heavy atom. The monoisotopic (exact) mass is 661 g/mol. The summed E-state index contributed by atoms with van der Waals surface area (Å²) in [5.74, 6) is -1.06. The van der Waals surface area contributed by atoms with Crippen molar-refractivity contribution in [1.29, 1.82) is 0 Å². The summed E-state index contributed by atoms with van der Waals surface area (Å²) in [5, 5.41) is 12.0. The smallest absolute Gasteiger partial charge is 0.269 e. The minimum atomic E-state index is -4.22. The average Bonchev–Trinajstić information content (AvgIpc) is 3.10. The zero-order chi connectivity index (χ0) is 33.7. The van der Waals surface area contributed by atoms with Crippen LogP contribution < -0.4 is 5.32 Å². The molecule has 0 aliphatic rings. The van der Waals surface area contributed by atoms with Gasteiger partial charge in [-0.3, -0.25) is 14.6 Å². The third kappa shape index (κ3) is 13.1. The number of nitrogens with zero attached hydrogens (tertiary/aromatic N) is 2. The van der Waals surface area contributed by atoms with Crippen LogP contribution in [0, 0.1) is 0 Å². The summed E-state index contributed by atoms with van der Waals surface area (Å²) in [5.41, 5.74) is 1.72. The van der Waals surface area contributed by atoms with Crippen LogP contribution in [0.1, 0.15) is 129 Å². The van der Waals surface area contributed by atoms with Gasteiger partial charge in [-0.05, 0) is 54.5 Å². The summed E-state index contributed by atoms with van der Waals surface area (Å²) in [6.07, 6.45) is 21.0. The highest BCUT2D eigenvalue weighted by Gasteiger charge is 2.30. The molecule has 0 aliphatic heterocycles. The molecule has 2 amide bonds. The number of nitrogens with one attached hydrogen (secondary N) is 1. The summed E-state index contributed by atoms with van der Waals surface area (Å²) in [6, 6.07) is 18.1. The highest BCUT2D eigenvalue weighted by molar-refractivity contribution is 7.89. The first-order chi connectivity index (χ1) is 22.9. The number of hydrogen-bond donors (Lipinski definition) is 2. The lowest BCUT2D eigenvalue weighted by molar-refractivity contribution is 0.0858. The molecule has 0 unspecified atom stereocenters. The van der Waals surface area contributed by atoms with E-state index in [0.717, 1.165) is 29.1 Å². The van der Waals surface area contributed by atoms with E-state index in [1.807, 2.05) is 30.3 Å². The Morgan fingerprint density at radius 3 is 1.83 bits per heavy atom. The molecule has 0 saturated heterocycles. The molecule has 0 atom stereocenters. The quantitative estimate of drug-likeness (QED) is 0.105. The number of aliphatic hydroxyl groups excluding tert-OH is 1. The van der Waals surface area contributed by atoms with Gasteiger partial charge in [0.15, 0.2) is 0 Å². The molecular formula is C38H51N3O5S. The molecule has 1 aromatic heterocycles. The first-order valence-electron chi connectivity index (χ1n) is 17.1. The maximum Gasteiger partial charge on any atom is 0.269 e. The Kier molecular flexibility index (Phi) is 16.9. The summed E-state index contributed by atoms with van der Waals surface area (Å²) in [7, 11) is -4.22. The molecule has 3 rings (SSSR count). The highest BCUT2D eigenvalue weighted by Crippen LogP contribution is 2.21. The van der Waals surface area contributed by atoms with Gasteiger partial charge >= 0.3 is 0 Å². The van der Waals surface area contributed by atoms with Crippen LogP contribution >= 0.6 is 0 Å². The molecule has 254 valence electrons. The van der Waals surface area contributed by atoms with Gasteiger partial charge in [-0.2, -0.15) is 0 Å². The lowest BCUT2D eigenvalue weighted by Gasteiger charge is -2.23. The molecule has 8 nitrogen and oxygen atoms in total. The van der Waals surface area contributed by atoms with Gasteiger partial charge in [-0.15, -0.1) is 0 Å². The fourth-order valence-electron chi connectivity index (χ4n) is 5.34. The molecule has 9 heteroatoms. The van der Waals surface area contributed by atoms with Crippen molar-refractivity contribution in [3.05, 3.63) is 102 Å². The van der Waals surface area contributed by atoms with Gasteiger partial charge in [0.2, 0.25) is 0 Å². The molecule has 0 aliphatic carbocycles. The van der Waals surface area contributed by atoms with E-state index in [0.29, 0.717) is 12.1 Å². The van der Waals surface area contributed by atoms with Crippen molar-refractivity contribution in [2.45, 2.75) is 108 Å². The molecule has 0 saturated carbocycles. The lowest BCUT2D eigenvalue weighted by atomic mass is 10.0. The van der Waals surface area contributed by atoms with Crippen molar-refractivity contribution in [1.82, 2.24) is 14.6 Å². The summed E-state index contributed by atoms with van der Waals surface area (Å²) < 4.78 is 28.5. The number of benzene rings is 2. The van der Waals surface area contributed by atoms with E-state index in [4.69, 9.17) is 0 Å². The number of carbonyl (C=O) groups excluding carboxylic acids is 2. The number of sulfonamides is 1. The molecule has 0 radical (unpaired) electrons. The number of unbranched alkanes of at least 4 members (excludes halogenated alkanes) is 13. The molecule has 2 N–H and O–H groups in total. The van der Waals surface area contributed by atoms with Crippen LogP contribution in [0.5, 0.6) is 0 Å². The molecule has 3 aromatic rings. The minimum absolute atomic E-state index is 0.0352. The molecule has 2 aromatic carbocycles. The molecule has 1 heterocycles. The van der Waals surface area contributed by atoms with Crippen molar-refractivity contribution in [3.8, 4) is 0 Å². The van der Waals surface area contributed by atoms with E-state index in [-0.39, 0.29) is 35.1 Å². The Hall–Kier alpha value is -3.82. The molecular weight excluding hydrogens is 611 g/mol. The Bertz CT molecular complexity index is 1470. The van der Waals surface area contributed by atoms with Crippen LogP contribution in [0.3, 0.4) is 0 Å². The maximum absolute atomic E-state index is 13.8. The standard InChI is InChI=1S/C38H51N3O5S/c1-2-3-4-5-6-7-8-9-10-11-12-13-14-18-29-41(38(44)34-21-24-35(31-42)40-30-34)47(45,46)36-25-22-33(23-26-36)37(43)39-28-27-32-19-16-15-17-20-32/h15-17,19-28,30,42H,2-14,18,29,31H2,1H3,(H,39,43). The summed E-state index contributed by atoms with van der Waals surface area (Å²) in [4.78, 5) is 30.1. The van der Waals surface area contributed by atoms with Gasteiger partial charge in [-0.25, -0.2) is 12.7 Å². The topological polar surface area (TPSA) is 117 Å². The van der Waals surface area contributed by atoms with Crippen LogP contribution in [0.2, 0.25) is 0 Å². The summed E-state index contributed by atoms with van der Waals surface area (Å²) >= 11 is 0. The Labute approximate surface area is 281 Å². The van der Waals surface area contributed by atoms with Crippen molar-refractivity contribution < 1.29 is 23.1 Å². The van der Waals surface area contributed by atoms with E-state index in [1.54, 1.807) is 6.08 Å². The number of carbonyl (C=O) groups is 2. The number of amides is 2. The minimum Gasteiger partial charge on any atom is -0.390 e. The Balaban J connectivity index is 1.55. The second kappa shape index (κ2) is 21.1. The number of hydrogen-bond acceptors (Lipinski definition) is 6. The SMILES string of the molecule is CCCCCCCCCCCCCCCCN(C(=O)c1ccc(CO)nc1)S(=O)(=O)c1ccc(C(=O)NC=Cc2ccccc2)cc1. The lowest BCUT2D eigenvalue weighted by Crippen LogP contribution is -2.37. The van der Waals surface area contributed by atoms with Crippen molar-refractivity contribution >= 4 is 27.9 Å². The molecule has 0 spiro atoms. The highest BCUT2D eigenvalue weighted by atomic mass is 32.2. The molecule has 0 fully saturated rings. The second-order valence-electron chi connectivity index (χ2n) is 11.9. The maximum atomic E-state index is 13.8. The molecule has 47 heavy (non-hydrogen) atoms. The molecule has 0 bridgehead atoms. The summed E-state index contributed by atoms with van der Waals surface area (Å²) in [6.45, 7) is 2.00. The zero-order valence-electron chi connectivity index (χ0n) is 27.8. The number of aromatic nitrogens is 1. The first-order valence-corrected chi connectivity index (χ1v) is 18.6. The van der Waals surface area contributed by atoms with Crippen LogP contribution in [-0.4, -0.2) is 41.2 Å². The van der Waals surface area contributed by atoms with Gasteiger partial charge in [0.1, 0.15) is 0 Å². The van der Waals surface area contributed by atoms with Crippen LogP contribution in [0.4, 0.5) is 0 Å². The second-order valence-corrected chi connectivity index (χ2v) is 13.8. The third-order valence-corrected chi connectivity index (χ3v) is 9.97. The van der Waals surface area contributed by atoms with Crippen LogP contribution in [0.25, 0.3) is 6.08 Å². The fraction of sp³-hybridized carbons (Fsp3) is 0.447. The van der Waals surface area contributed by atoms with Gasteiger partial charge in [-0.1, -0.05) is 121 Å². The average molecular weight is 662 g/mol. The van der Waals surface area contributed by atoms with Crippen molar-refractivity contribution in [2.24, 2.45) is 0 Å². The predicted octanol–water partition coefficient (Wildman–Crippen LogP) is 8.29. The first kappa shape index (κ1) is 37.6. The third-order valence-electron chi connectivity index (χ3n) is 8.17. The predicted molar refractivity (Wildman–Crippen MR) is 188 cm³/mol. The number of rotatable bonds is 22.